The molecule has 0 spiro atoms. The van der Waals surface area contributed by atoms with Crippen LogP contribution in [-0.4, -0.2) is 25.8 Å². The second-order valence-electron chi connectivity index (χ2n) is 5.32. The van der Waals surface area contributed by atoms with Crippen LogP contribution in [0.2, 0.25) is 0 Å². The van der Waals surface area contributed by atoms with Crippen LogP contribution in [0, 0.1) is 11.3 Å². The van der Waals surface area contributed by atoms with E-state index in [1.165, 1.54) is 11.8 Å². The SMILES string of the molecule is CSc1nc2c(C#N)nc(-c3ccccc3)nc2n1-c1ccccc1. The molecule has 6 heteroatoms. The molecule has 5 nitrogen and oxygen atoms in total. The Morgan fingerprint density at radius 2 is 1.60 bits per heavy atom. The summed E-state index contributed by atoms with van der Waals surface area (Å²) < 4.78 is 1.97. The van der Waals surface area contributed by atoms with Gasteiger partial charge in [-0.15, -0.1) is 0 Å². The van der Waals surface area contributed by atoms with E-state index in [1.807, 2.05) is 71.5 Å². The monoisotopic (exact) mass is 343 g/mol. The average molecular weight is 343 g/mol. The summed E-state index contributed by atoms with van der Waals surface area (Å²) in [6.07, 6.45) is 1.96. The molecule has 2 heterocycles. The molecular formula is C19H13N5S. The maximum Gasteiger partial charge on any atom is 0.174 e. The Labute approximate surface area is 149 Å². The van der Waals surface area contributed by atoms with Crippen molar-refractivity contribution in [3.8, 4) is 23.1 Å². The zero-order valence-electron chi connectivity index (χ0n) is 13.4. The molecule has 4 aromatic rings. The Kier molecular flexibility index (Phi) is 3.92. The lowest BCUT2D eigenvalue weighted by molar-refractivity contribution is 0.912. The van der Waals surface area contributed by atoms with Gasteiger partial charge in [0.25, 0.3) is 0 Å². The summed E-state index contributed by atoms with van der Waals surface area (Å²) in [6.45, 7) is 0. The zero-order valence-corrected chi connectivity index (χ0v) is 14.2. The van der Waals surface area contributed by atoms with Crippen LogP contribution in [0.3, 0.4) is 0 Å². The fourth-order valence-electron chi connectivity index (χ4n) is 2.68. The first kappa shape index (κ1) is 15.4. The minimum atomic E-state index is 0.286. The summed E-state index contributed by atoms with van der Waals surface area (Å²) in [7, 11) is 0. The van der Waals surface area contributed by atoms with Gasteiger partial charge in [0.2, 0.25) is 0 Å². The average Bonchev–Trinajstić information content (AvgIpc) is 3.07. The van der Waals surface area contributed by atoms with E-state index in [0.29, 0.717) is 17.0 Å². The number of hydrogen-bond donors (Lipinski definition) is 0. The molecule has 0 unspecified atom stereocenters. The van der Waals surface area contributed by atoms with Gasteiger partial charge in [0.15, 0.2) is 22.3 Å². The molecule has 0 atom stereocenters. The lowest BCUT2D eigenvalue weighted by Crippen LogP contribution is -2.00. The highest BCUT2D eigenvalue weighted by molar-refractivity contribution is 7.98. The molecule has 25 heavy (non-hydrogen) atoms. The molecule has 0 bridgehead atoms. The molecule has 0 saturated heterocycles. The molecule has 4 rings (SSSR count). The van der Waals surface area contributed by atoms with Crippen molar-refractivity contribution in [2.45, 2.75) is 5.16 Å². The number of hydrogen-bond acceptors (Lipinski definition) is 5. The minimum Gasteiger partial charge on any atom is -0.272 e. The number of para-hydroxylation sites is 1. The molecule has 120 valence electrons. The van der Waals surface area contributed by atoms with Gasteiger partial charge in [0, 0.05) is 11.3 Å². The molecule has 0 radical (unpaired) electrons. The fourth-order valence-corrected chi connectivity index (χ4v) is 3.24. The Morgan fingerprint density at radius 1 is 0.920 bits per heavy atom. The number of nitrogens with zero attached hydrogens (tertiary/aromatic N) is 5. The summed E-state index contributed by atoms with van der Waals surface area (Å²) in [5, 5.41) is 10.3. The number of nitriles is 1. The number of thioether (sulfide) groups is 1. The summed E-state index contributed by atoms with van der Waals surface area (Å²) in [6, 6.07) is 21.7. The fraction of sp³-hybridized carbons (Fsp3) is 0.0526. The molecule has 0 N–H and O–H groups in total. The normalized spacial score (nSPS) is 10.7. The number of aromatic nitrogens is 4. The van der Waals surface area contributed by atoms with Crippen LogP contribution in [0.1, 0.15) is 5.69 Å². The summed E-state index contributed by atoms with van der Waals surface area (Å²) in [4.78, 5) is 13.7. The molecule has 0 fully saturated rings. The predicted molar refractivity (Wildman–Crippen MR) is 98.6 cm³/mol. The quantitative estimate of drug-likeness (QED) is 0.524. The third-order valence-corrected chi connectivity index (χ3v) is 4.45. The Bertz CT molecular complexity index is 1080. The molecule has 0 aliphatic rings. The van der Waals surface area contributed by atoms with Gasteiger partial charge < -0.3 is 0 Å². The lowest BCUT2D eigenvalue weighted by Gasteiger charge is -2.07. The van der Waals surface area contributed by atoms with Crippen molar-refractivity contribution in [2.75, 3.05) is 6.26 Å². The van der Waals surface area contributed by atoms with Gasteiger partial charge in [-0.25, -0.2) is 15.0 Å². The van der Waals surface area contributed by atoms with Crippen LogP contribution in [0.5, 0.6) is 0 Å². The van der Waals surface area contributed by atoms with Crippen LogP contribution in [-0.2, 0) is 0 Å². The second-order valence-corrected chi connectivity index (χ2v) is 6.09. The number of imidazole rings is 1. The van der Waals surface area contributed by atoms with E-state index in [9.17, 15) is 5.26 Å². The van der Waals surface area contributed by atoms with Gasteiger partial charge in [-0.05, 0) is 18.4 Å². The predicted octanol–water partition coefficient (Wildman–Crippen LogP) is 4.08. The van der Waals surface area contributed by atoms with Gasteiger partial charge in [-0.2, -0.15) is 5.26 Å². The first-order valence-electron chi connectivity index (χ1n) is 7.67. The number of fused-ring (bicyclic) bond motifs is 1. The number of rotatable bonds is 3. The Hall–Kier alpha value is -3.17. The highest BCUT2D eigenvalue weighted by atomic mass is 32.2. The topological polar surface area (TPSA) is 67.4 Å². The number of benzene rings is 2. The van der Waals surface area contributed by atoms with Gasteiger partial charge in [0.05, 0.1) is 0 Å². The maximum absolute atomic E-state index is 9.55. The van der Waals surface area contributed by atoms with Crippen LogP contribution in [0.25, 0.3) is 28.2 Å². The third kappa shape index (κ3) is 2.65. The van der Waals surface area contributed by atoms with E-state index >= 15 is 0 Å². The molecule has 2 aromatic heterocycles. The smallest absolute Gasteiger partial charge is 0.174 e. The first-order chi connectivity index (χ1) is 12.3. The minimum absolute atomic E-state index is 0.286. The zero-order chi connectivity index (χ0) is 17.2. The second kappa shape index (κ2) is 6.38. The summed E-state index contributed by atoms with van der Waals surface area (Å²) in [5.74, 6) is 0.523. The van der Waals surface area contributed by atoms with Crippen molar-refractivity contribution in [1.82, 2.24) is 19.5 Å². The van der Waals surface area contributed by atoms with Crippen molar-refractivity contribution in [2.24, 2.45) is 0 Å². The third-order valence-electron chi connectivity index (χ3n) is 3.81. The Morgan fingerprint density at radius 3 is 2.24 bits per heavy atom. The molecule has 0 saturated carbocycles. The van der Waals surface area contributed by atoms with E-state index in [-0.39, 0.29) is 5.69 Å². The van der Waals surface area contributed by atoms with Crippen molar-refractivity contribution in [3.05, 3.63) is 66.4 Å². The van der Waals surface area contributed by atoms with Crippen molar-refractivity contribution in [3.63, 3.8) is 0 Å². The van der Waals surface area contributed by atoms with Gasteiger partial charge in [-0.3, -0.25) is 4.57 Å². The highest BCUT2D eigenvalue weighted by Gasteiger charge is 2.19. The van der Waals surface area contributed by atoms with Gasteiger partial charge >= 0.3 is 0 Å². The van der Waals surface area contributed by atoms with E-state index in [0.717, 1.165) is 16.4 Å². The van der Waals surface area contributed by atoms with E-state index < -0.39 is 0 Å². The Balaban J connectivity index is 2.06. The van der Waals surface area contributed by atoms with Crippen molar-refractivity contribution >= 4 is 22.9 Å². The largest absolute Gasteiger partial charge is 0.272 e. The van der Waals surface area contributed by atoms with E-state index in [4.69, 9.17) is 4.98 Å². The maximum atomic E-state index is 9.55. The van der Waals surface area contributed by atoms with E-state index in [2.05, 4.69) is 16.0 Å². The molecule has 2 aromatic carbocycles. The van der Waals surface area contributed by atoms with Gasteiger partial charge in [-0.1, -0.05) is 60.3 Å². The van der Waals surface area contributed by atoms with Crippen LogP contribution >= 0.6 is 11.8 Å². The molecule has 0 amide bonds. The van der Waals surface area contributed by atoms with Crippen molar-refractivity contribution < 1.29 is 0 Å². The van der Waals surface area contributed by atoms with E-state index in [1.54, 1.807) is 0 Å². The molecular weight excluding hydrogens is 330 g/mol. The van der Waals surface area contributed by atoms with Gasteiger partial charge in [0.1, 0.15) is 11.6 Å². The highest BCUT2D eigenvalue weighted by Crippen LogP contribution is 2.28. The first-order valence-corrected chi connectivity index (χ1v) is 8.89. The van der Waals surface area contributed by atoms with Crippen molar-refractivity contribution in [1.29, 1.82) is 5.26 Å². The summed E-state index contributed by atoms with van der Waals surface area (Å²) in [5.41, 5.74) is 3.27. The van der Waals surface area contributed by atoms with Crippen LogP contribution in [0.15, 0.2) is 65.8 Å². The molecule has 0 aliphatic heterocycles. The molecule has 0 aliphatic carbocycles. The lowest BCUT2D eigenvalue weighted by atomic mass is 10.2. The van der Waals surface area contributed by atoms with Crippen LogP contribution in [0.4, 0.5) is 0 Å². The standard InChI is InChI=1S/C19H13N5S/c1-25-19-22-16-15(12-20)21-17(13-8-4-2-5-9-13)23-18(16)24(19)14-10-6-3-7-11-14/h2-11H,1H3. The summed E-state index contributed by atoms with van der Waals surface area (Å²) >= 11 is 1.51. The van der Waals surface area contributed by atoms with Crippen LogP contribution < -0.4 is 0 Å².